The van der Waals surface area contributed by atoms with Crippen LogP contribution in [-0.4, -0.2) is 52.3 Å². The molecular weight excluding hydrogens is 1140 g/mol. The summed E-state index contributed by atoms with van der Waals surface area (Å²) in [6.07, 6.45) is 45.2. The molecule has 0 amide bonds. The molecule has 0 radical (unpaired) electrons. The Hall–Kier alpha value is -0.560. The molecule has 498 valence electrons. The molecule has 0 aromatic carbocycles. The van der Waals surface area contributed by atoms with Gasteiger partial charge in [0.15, 0.2) is 0 Å². The predicted molar refractivity (Wildman–Crippen MR) is 366 cm³/mol. The normalized spacial score (nSPS) is 44.6. The molecular formula is C81H135BrF2O3. The van der Waals surface area contributed by atoms with Gasteiger partial charge in [-0.3, -0.25) is 8.78 Å². The van der Waals surface area contributed by atoms with Gasteiger partial charge >= 0.3 is 0 Å². The van der Waals surface area contributed by atoms with E-state index >= 15 is 0 Å². The molecule has 12 rings (SSSR count). The van der Waals surface area contributed by atoms with E-state index in [1.54, 1.807) is 11.1 Å². The minimum Gasteiger partial charge on any atom is -0.393 e. The summed E-state index contributed by atoms with van der Waals surface area (Å²) in [5, 5.41) is 31.8. The molecule has 0 bridgehead atoms. The second kappa shape index (κ2) is 28.8. The van der Waals surface area contributed by atoms with Gasteiger partial charge in [0.05, 0.1) is 31.7 Å². The molecule has 6 heteroatoms. The first-order valence-corrected chi connectivity index (χ1v) is 39.4. The first-order chi connectivity index (χ1) is 41.5. The van der Waals surface area contributed by atoms with Crippen LogP contribution in [0, 0.1) is 140 Å². The molecule has 0 aromatic heterocycles. The number of aliphatic hydroxyl groups is 3. The van der Waals surface area contributed by atoms with Crippen LogP contribution in [0.25, 0.3) is 0 Å². The van der Waals surface area contributed by atoms with Gasteiger partial charge in [-0.15, -0.1) is 0 Å². The second-order valence-electron chi connectivity index (χ2n) is 36.1. The molecule has 12 aliphatic rings. The molecule has 0 aromatic rings. The standard InChI is InChI=1S/C27H45BrO.2C27H45FO/c2*1-18(2)6-5-7-19(3)23-10-11-24-22-9-8-20-16-21(29)12-15-27(20,17-28)25(22)13-14-26(23,24)4;1-17(2)6-5-7-18(3)25-10-11-26-24-14-19(16-28)23-15-20(29)8-9-21(23)22(24)12-13-27(25,26)4/h2*8,18-19,21-25,29H,5-7,9-17H2,1-4H3;17-20,22,24-26,29H,5-16H2,1-4H3/t19-,21+,22+,23-,24+,25+,26-,27?;19-,21+,22+,23-,24+,25+,26-,27-;18-,19?,20+,22-,24-,25-,26+,27-/m111/s1. The molecule has 24 atom stereocenters. The summed E-state index contributed by atoms with van der Waals surface area (Å²) in [4.78, 5) is 0. The van der Waals surface area contributed by atoms with Crippen LogP contribution in [0.2, 0.25) is 0 Å². The Balaban J connectivity index is 0.000000144. The molecule has 3 nitrogen and oxygen atoms in total. The second-order valence-corrected chi connectivity index (χ2v) is 36.6. The highest BCUT2D eigenvalue weighted by atomic mass is 79.9. The van der Waals surface area contributed by atoms with E-state index in [1.807, 2.05) is 0 Å². The number of rotatable bonds is 18. The van der Waals surface area contributed by atoms with Gasteiger partial charge in [-0.05, 0) is 277 Å². The van der Waals surface area contributed by atoms with Gasteiger partial charge in [-0.2, -0.15) is 0 Å². The molecule has 3 N–H and O–H groups in total. The van der Waals surface area contributed by atoms with E-state index in [1.165, 1.54) is 159 Å². The summed E-state index contributed by atoms with van der Waals surface area (Å²) < 4.78 is 28.7. The summed E-state index contributed by atoms with van der Waals surface area (Å²) >= 11 is 3.96. The number of allylic oxidation sites excluding steroid dienone is 3. The average Bonchev–Trinajstić information content (AvgIpc) is 1.79. The van der Waals surface area contributed by atoms with E-state index in [4.69, 9.17) is 0 Å². The lowest BCUT2D eigenvalue weighted by Gasteiger charge is -2.59. The van der Waals surface area contributed by atoms with Crippen molar-refractivity contribution in [3.05, 3.63) is 34.4 Å². The maximum absolute atomic E-state index is 14.6. The number of hydrogen-bond donors (Lipinski definition) is 3. The maximum Gasteiger partial charge on any atom is 0.0990 e. The number of aliphatic hydroxyl groups excluding tert-OH is 3. The van der Waals surface area contributed by atoms with E-state index in [-0.39, 0.29) is 43.0 Å². The molecule has 0 heterocycles. The smallest absolute Gasteiger partial charge is 0.0990 e. The highest BCUT2D eigenvalue weighted by Gasteiger charge is 2.63. The molecule has 0 aliphatic heterocycles. The quantitative estimate of drug-likeness (QED) is 0.0947. The lowest BCUT2D eigenvalue weighted by molar-refractivity contribution is -0.0700. The van der Waals surface area contributed by atoms with Crippen LogP contribution < -0.4 is 0 Å². The van der Waals surface area contributed by atoms with Crippen molar-refractivity contribution in [2.24, 2.45) is 140 Å². The third-order valence-electron chi connectivity index (χ3n) is 30.4. The van der Waals surface area contributed by atoms with E-state index < -0.39 is 0 Å². The van der Waals surface area contributed by atoms with Gasteiger partial charge in [0.2, 0.25) is 0 Å². The Morgan fingerprint density at radius 2 is 0.874 bits per heavy atom. The van der Waals surface area contributed by atoms with Crippen LogP contribution in [0.3, 0.4) is 0 Å². The van der Waals surface area contributed by atoms with Crippen molar-refractivity contribution in [3.8, 4) is 0 Å². The monoisotopic (exact) mass is 1270 g/mol. The van der Waals surface area contributed by atoms with Crippen LogP contribution in [0.4, 0.5) is 8.78 Å². The summed E-state index contributed by atoms with van der Waals surface area (Å²) in [7, 11) is 0. The molecule has 8 fully saturated rings. The van der Waals surface area contributed by atoms with E-state index in [0.717, 1.165) is 152 Å². The van der Waals surface area contributed by atoms with Gasteiger partial charge in [-0.25, -0.2) is 0 Å². The average molecular weight is 1270 g/mol. The number of alkyl halides is 3. The van der Waals surface area contributed by atoms with Crippen LogP contribution in [-0.2, 0) is 0 Å². The van der Waals surface area contributed by atoms with E-state index in [0.29, 0.717) is 45.3 Å². The van der Waals surface area contributed by atoms with Crippen LogP contribution in [0.5, 0.6) is 0 Å². The van der Waals surface area contributed by atoms with Crippen LogP contribution in [0.1, 0.15) is 295 Å². The van der Waals surface area contributed by atoms with Crippen molar-refractivity contribution in [1.29, 1.82) is 0 Å². The maximum atomic E-state index is 14.6. The largest absolute Gasteiger partial charge is 0.393 e. The van der Waals surface area contributed by atoms with Gasteiger partial charge in [0.1, 0.15) is 0 Å². The molecule has 87 heavy (non-hydrogen) atoms. The van der Waals surface area contributed by atoms with Crippen LogP contribution >= 0.6 is 15.9 Å². The Labute approximate surface area is 542 Å². The molecule has 12 aliphatic carbocycles. The Morgan fingerprint density at radius 1 is 0.460 bits per heavy atom. The zero-order chi connectivity index (χ0) is 62.4. The van der Waals surface area contributed by atoms with E-state index in [9.17, 15) is 24.1 Å². The third-order valence-corrected chi connectivity index (χ3v) is 31.4. The van der Waals surface area contributed by atoms with Crippen molar-refractivity contribution in [2.75, 3.05) is 18.7 Å². The minimum absolute atomic E-state index is 0.0959. The highest BCUT2D eigenvalue weighted by molar-refractivity contribution is 9.09. The zero-order valence-electron chi connectivity index (χ0n) is 58.3. The van der Waals surface area contributed by atoms with Crippen LogP contribution in [0.15, 0.2) is 34.4 Å². The fraction of sp³-hybridized carbons (Fsp3) is 0.926. The topological polar surface area (TPSA) is 60.7 Å². The molecule has 2 unspecified atom stereocenters. The lowest BCUT2D eigenvalue weighted by Crippen LogP contribution is -2.52. The van der Waals surface area contributed by atoms with Crippen molar-refractivity contribution in [2.45, 2.75) is 313 Å². The highest BCUT2D eigenvalue weighted by Crippen LogP contribution is 2.71. The Morgan fingerprint density at radius 3 is 1.31 bits per heavy atom. The van der Waals surface area contributed by atoms with Crippen molar-refractivity contribution in [1.82, 2.24) is 0 Å². The molecule has 8 saturated carbocycles. The summed E-state index contributed by atoms with van der Waals surface area (Å²) in [5.74, 6) is 14.7. The summed E-state index contributed by atoms with van der Waals surface area (Å²) in [6, 6.07) is 0. The zero-order valence-corrected chi connectivity index (χ0v) is 59.9. The Kier molecular flexibility index (Phi) is 22.9. The number of fused-ring (bicyclic) bond motifs is 14. The Bertz CT molecular complexity index is 2180. The lowest BCUT2D eigenvalue weighted by atomic mass is 9.46. The summed E-state index contributed by atoms with van der Waals surface area (Å²) in [5.41, 5.74) is 7.47. The molecule has 0 saturated heterocycles. The fourth-order valence-electron chi connectivity index (χ4n) is 25.9. The van der Waals surface area contributed by atoms with Gasteiger partial charge < -0.3 is 15.3 Å². The van der Waals surface area contributed by atoms with Gasteiger partial charge in [-0.1, -0.05) is 191 Å². The SMILES string of the molecule is CC(C)CCC[C@@H](C)[C@H]1CC[C@H]2[C@@H]3CC(CF)C4=C(CC[C@H](O)C4)[C@H]3CC[C@]12C.CC(C)CCC[C@@H](C)[C@H]1CC[C@H]2[C@@H]3CC=C4C[C@@H](O)CCC4(CBr)[C@H]3CC[C@]12C.CC(C)CCC[C@@H](C)[C@H]1CC[C@H]2[C@@H]3CC=C4C[C@@H](O)CC[C@]4(CF)[C@H]3CC[C@]12C. The molecule has 0 spiro atoms. The first-order valence-electron chi connectivity index (χ1n) is 38.3. The van der Waals surface area contributed by atoms with Gasteiger partial charge in [0.25, 0.3) is 0 Å². The summed E-state index contributed by atoms with van der Waals surface area (Å²) in [6.45, 7) is 29.2. The predicted octanol–water partition coefficient (Wildman–Crippen LogP) is 22.4. The van der Waals surface area contributed by atoms with E-state index in [2.05, 4.69) is 111 Å². The fourth-order valence-corrected chi connectivity index (χ4v) is 27.0. The number of hydrogen-bond acceptors (Lipinski definition) is 3. The van der Waals surface area contributed by atoms with Crippen molar-refractivity contribution in [3.63, 3.8) is 0 Å². The first kappa shape index (κ1) is 69.3. The third kappa shape index (κ3) is 13.6. The van der Waals surface area contributed by atoms with Crippen molar-refractivity contribution < 1.29 is 24.1 Å². The minimum atomic E-state index is -0.242. The van der Waals surface area contributed by atoms with Gasteiger partial charge in [0, 0.05) is 22.1 Å². The number of halogens is 3. The van der Waals surface area contributed by atoms with Crippen molar-refractivity contribution >= 4 is 15.9 Å².